The molecule has 0 amide bonds. The van der Waals surface area contributed by atoms with Crippen LogP contribution in [-0.2, 0) is 14.4 Å². The van der Waals surface area contributed by atoms with Crippen molar-refractivity contribution in [2.75, 3.05) is 32.1 Å². The summed E-state index contributed by atoms with van der Waals surface area (Å²) in [7, 11) is 0. The summed E-state index contributed by atoms with van der Waals surface area (Å²) < 4.78 is 12.3. The first-order chi connectivity index (χ1) is 14.1. The van der Waals surface area contributed by atoms with Crippen LogP contribution in [0.4, 0.5) is 4.39 Å². The van der Waals surface area contributed by atoms with Crippen LogP contribution in [-0.4, -0.2) is 60.4 Å². The van der Waals surface area contributed by atoms with Crippen molar-refractivity contribution in [3.05, 3.63) is 24.1 Å². The number of halogens is 2. The highest BCUT2D eigenvalue weighted by Gasteiger charge is 2.14. The Bertz CT molecular complexity index is 535. The maximum Gasteiger partial charge on any atom is 0.193 e. The summed E-state index contributed by atoms with van der Waals surface area (Å²) >= 11 is 4.99. The molecule has 1 aliphatic rings. The Morgan fingerprint density at radius 1 is 1.23 bits per heavy atom. The van der Waals surface area contributed by atoms with Crippen LogP contribution in [0.2, 0.25) is 0 Å². The molecule has 1 atom stereocenters. The second kappa shape index (κ2) is 22.3. The number of Topliss-reactive ketones (excluding diaryl/α,β-unsaturated/α-hetero) is 2. The normalized spacial score (nSPS) is 16.9. The van der Waals surface area contributed by atoms with Gasteiger partial charge < -0.3 is 5.32 Å². The number of nitrogens with one attached hydrogen (secondary N) is 1. The summed E-state index contributed by atoms with van der Waals surface area (Å²) in [6.45, 7) is 18.3. The van der Waals surface area contributed by atoms with E-state index in [2.05, 4.69) is 17.1 Å². The number of carbonyl (C=O) groups excluding carboxylic acids is 3. The summed E-state index contributed by atoms with van der Waals surface area (Å²) in [6.07, 6.45) is 6.00. The second-order valence-electron chi connectivity index (χ2n) is 6.91. The van der Waals surface area contributed by atoms with Crippen LogP contribution in [0.15, 0.2) is 24.1 Å². The highest BCUT2D eigenvalue weighted by molar-refractivity contribution is 6.27. The molecule has 0 bridgehead atoms. The Hall–Kier alpha value is -1.37. The van der Waals surface area contributed by atoms with Gasteiger partial charge in [-0.15, -0.1) is 11.6 Å². The first-order valence-corrected chi connectivity index (χ1v) is 11.1. The van der Waals surface area contributed by atoms with E-state index >= 15 is 0 Å². The van der Waals surface area contributed by atoms with Gasteiger partial charge in [-0.25, -0.2) is 4.39 Å². The molecule has 176 valence electrons. The van der Waals surface area contributed by atoms with E-state index in [9.17, 15) is 18.8 Å². The molecule has 0 spiro atoms. The molecule has 0 saturated carbocycles. The van der Waals surface area contributed by atoms with Gasteiger partial charge in [0.25, 0.3) is 0 Å². The zero-order chi connectivity index (χ0) is 24.1. The minimum Gasteiger partial charge on any atom is -0.315 e. The van der Waals surface area contributed by atoms with Crippen LogP contribution in [0.3, 0.4) is 0 Å². The SMILES string of the molecule is C/C=C(/F)C(=O)C(C)C.CC.CC(=O)/C=C/CN1CCCNCC1C.CC(=O)CCl. The Labute approximate surface area is 188 Å². The lowest BCUT2D eigenvalue weighted by molar-refractivity contribution is -0.119. The number of nitrogens with zero attached hydrogens (tertiary/aromatic N) is 1. The monoisotopic (exact) mass is 448 g/mol. The van der Waals surface area contributed by atoms with Crippen molar-refractivity contribution in [2.24, 2.45) is 5.92 Å². The maximum atomic E-state index is 12.3. The third-order valence-corrected chi connectivity index (χ3v) is 4.13. The van der Waals surface area contributed by atoms with E-state index in [1.54, 1.807) is 26.8 Å². The predicted octanol–water partition coefficient (Wildman–Crippen LogP) is 4.74. The topological polar surface area (TPSA) is 66.5 Å². The van der Waals surface area contributed by atoms with E-state index in [1.165, 1.54) is 26.3 Å². The molecule has 1 rings (SSSR count). The van der Waals surface area contributed by atoms with Crippen LogP contribution in [0.1, 0.15) is 61.8 Å². The molecule has 1 heterocycles. The van der Waals surface area contributed by atoms with Crippen LogP contribution in [0.25, 0.3) is 0 Å². The van der Waals surface area contributed by atoms with Gasteiger partial charge in [-0.1, -0.05) is 33.8 Å². The second-order valence-corrected chi connectivity index (χ2v) is 7.17. The summed E-state index contributed by atoms with van der Waals surface area (Å²) in [5.74, 6) is -0.999. The molecule has 1 N–H and O–H groups in total. The van der Waals surface area contributed by atoms with E-state index in [4.69, 9.17) is 11.6 Å². The minimum absolute atomic E-state index is 0.0201. The summed E-state index contributed by atoms with van der Waals surface area (Å²) in [5.41, 5.74) is 0. The molecule has 0 radical (unpaired) electrons. The standard InChI is InChI=1S/C11H20N2O.C7H11FO.C3H5ClO.C2H6/c1-10-9-12-6-4-8-13(10)7-3-5-11(2)14;1-4-6(8)7(9)5(2)3;1-3(5)2-4;1-2/h3,5,10,12H,4,6-9H2,1-2H3;4-5H,1-3H3;2H2,1H3;1-2H3/b5-3+;6-4+;;. The van der Waals surface area contributed by atoms with E-state index in [0.29, 0.717) is 6.04 Å². The Balaban J connectivity index is -0.000000392. The fourth-order valence-corrected chi connectivity index (χ4v) is 2.11. The Kier molecular flexibility index (Phi) is 24.8. The molecule has 0 aromatic rings. The smallest absolute Gasteiger partial charge is 0.193 e. The zero-order valence-corrected chi connectivity index (χ0v) is 20.8. The van der Waals surface area contributed by atoms with Gasteiger partial charge in [0.1, 0.15) is 5.78 Å². The van der Waals surface area contributed by atoms with E-state index in [0.717, 1.165) is 26.2 Å². The number of hydrogen-bond acceptors (Lipinski definition) is 5. The summed E-state index contributed by atoms with van der Waals surface area (Å²) in [4.78, 5) is 33.4. The average Bonchev–Trinajstić information content (AvgIpc) is 2.93. The highest BCUT2D eigenvalue weighted by Crippen LogP contribution is 2.06. The molecule has 7 heteroatoms. The van der Waals surface area contributed by atoms with Gasteiger partial charge in [0.2, 0.25) is 0 Å². The fourth-order valence-electron chi connectivity index (χ4n) is 2.11. The molecule has 0 aromatic heterocycles. The molecule has 1 fully saturated rings. The van der Waals surface area contributed by atoms with Crippen molar-refractivity contribution < 1.29 is 18.8 Å². The molecule has 1 unspecified atom stereocenters. The van der Waals surface area contributed by atoms with Gasteiger partial charge in [-0.3, -0.25) is 19.3 Å². The number of ketones is 3. The molecule has 0 aliphatic carbocycles. The molecule has 1 aliphatic heterocycles. The summed E-state index contributed by atoms with van der Waals surface area (Å²) in [6, 6.07) is 0.564. The van der Waals surface area contributed by atoms with Crippen molar-refractivity contribution in [1.29, 1.82) is 0 Å². The minimum atomic E-state index is -0.634. The highest BCUT2D eigenvalue weighted by atomic mass is 35.5. The van der Waals surface area contributed by atoms with Crippen molar-refractivity contribution in [1.82, 2.24) is 10.2 Å². The van der Waals surface area contributed by atoms with Gasteiger partial charge in [-0.05, 0) is 52.8 Å². The van der Waals surface area contributed by atoms with E-state index < -0.39 is 11.6 Å². The summed E-state index contributed by atoms with van der Waals surface area (Å²) in [5, 5.41) is 3.39. The van der Waals surface area contributed by atoms with Crippen molar-refractivity contribution in [3.63, 3.8) is 0 Å². The van der Waals surface area contributed by atoms with Gasteiger partial charge in [0.05, 0.1) is 5.88 Å². The number of rotatable bonds is 6. The largest absolute Gasteiger partial charge is 0.315 e. The average molecular weight is 449 g/mol. The van der Waals surface area contributed by atoms with Crippen LogP contribution in [0.5, 0.6) is 0 Å². The van der Waals surface area contributed by atoms with Crippen molar-refractivity contribution in [3.8, 4) is 0 Å². The number of carbonyl (C=O) groups is 3. The third-order valence-electron chi connectivity index (χ3n) is 3.76. The van der Waals surface area contributed by atoms with Gasteiger partial charge in [0.15, 0.2) is 17.4 Å². The lowest BCUT2D eigenvalue weighted by Gasteiger charge is -2.24. The number of allylic oxidation sites excluding steroid dienone is 3. The van der Waals surface area contributed by atoms with Gasteiger partial charge in [-0.2, -0.15) is 0 Å². The third kappa shape index (κ3) is 21.3. The molecule has 30 heavy (non-hydrogen) atoms. The van der Waals surface area contributed by atoms with Crippen LogP contribution >= 0.6 is 11.6 Å². The molecule has 1 saturated heterocycles. The first kappa shape index (κ1) is 33.3. The van der Waals surface area contributed by atoms with Crippen molar-refractivity contribution in [2.45, 2.75) is 67.9 Å². The fraction of sp³-hybridized carbons (Fsp3) is 0.696. The number of alkyl halides is 1. The van der Waals surface area contributed by atoms with Crippen LogP contribution < -0.4 is 5.32 Å². The van der Waals surface area contributed by atoms with E-state index in [-0.39, 0.29) is 23.4 Å². The lowest BCUT2D eigenvalue weighted by Crippen LogP contribution is -2.37. The number of hydrogen-bond donors (Lipinski definition) is 1. The van der Waals surface area contributed by atoms with Gasteiger partial charge in [0, 0.05) is 31.6 Å². The molecular weight excluding hydrogens is 407 g/mol. The van der Waals surface area contributed by atoms with E-state index in [1.807, 2.05) is 19.9 Å². The molecular formula is C23H42ClFN2O3. The Morgan fingerprint density at radius 2 is 1.77 bits per heavy atom. The predicted molar refractivity (Wildman–Crippen MR) is 126 cm³/mol. The van der Waals surface area contributed by atoms with Crippen LogP contribution in [0, 0.1) is 5.92 Å². The molecule has 5 nitrogen and oxygen atoms in total. The zero-order valence-electron chi connectivity index (χ0n) is 20.1. The van der Waals surface area contributed by atoms with Crippen molar-refractivity contribution >= 4 is 29.0 Å². The molecule has 0 aromatic carbocycles. The van der Waals surface area contributed by atoms with Gasteiger partial charge >= 0.3 is 0 Å². The first-order valence-electron chi connectivity index (χ1n) is 10.6. The maximum absolute atomic E-state index is 12.3. The lowest BCUT2D eigenvalue weighted by atomic mass is 10.1. The Morgan fingerprint density at radius 3 is 2.13 bits per heavy atom. The quantitative estimate of drug-likeness (QED) is 0.469.